The van der Waals surface area contributed by atoms with Crippen LogP contribution in [0.3, 0.4) is 0 Å². The molecule has 0 radical (unpaired) electrons. The number of nitrogens with one attached hydrogen (secondary N) is 1. The summed E-state index contributed by atoms with van der Waals surface area (Å²) in [5.41, 5.74) is 0. The number of carbonyl (C=O) groups excluding carboxylic acids is 1. The second-order valence-electron chi connectivity index (χ2n) is 5.51. The van der Waals surface area contributed by atoms with E-state index in [1.54, 1.807) is 0 Å². The fraction of sp³-hybridized carbons (Fsp3) is 0.929. The SMILES string of the molecule is CC(C)N(CCO)CCC(=O)NC1CCCCC1. The Labute approximate surface area is 111 Å². The van der Waals surface area contributed by atoms with Crippen LogP contribution < -0.4 is 5.32 Å². The number of carbonyl (C=O) groups is 1. The van der Waals surface area contributed by atoms with Crippen molar-refractivity contribution in [2.24, 2.45) is 0 Å². The van der Waals surface area contributed by atoms with E-state index in [-0.39, 0.29) is 12.5 Å². The number of nitrogens with zero attached hydrogens (tertiary/aromatic N) is 1. The molecule has 0 aliphatic heterocycles. The topological polar surface area (TPSA) is 52.6 Å². The standard InChI is InChI=1S/C14H28N2O2/c1-12(2)16(10-11-17)9-8-14(18)15-13-6-4-3-5-7-13/h12-13,17H,3-11H2,1-2H3,(H,15,18). The van der Waals surface area contributed by atoms with Crippen molar-refractivity contribution in [1.82, 2.24) is 10.2 Å². The predicted octanol–water partition coefficient (Wildman–Crippen LogP) is 1.53. The highest BCUT2D eigenvalue weighted by Crippen LogP contribution is 2.17. The van der Waals surface area contributed by atoms with Gasteiger partial charge in [0.05, 0.1) is 6.61 Å². The number of aliphatic hydroxyl groups is 1. The maximum Gasteiger partial charge on any atom is 0.221 e. The molecule has 106 valence electrons. The molecule has 0 bridgehead atoms. The molecule has 0 spiro atoms. The third kappa shape index (κ3) is 5.83. The Morgan fingerprint density at radius 2 is 1.94 bits per heavy atom. The van der Waals surface area contributed by atoms with Crippen LogP contribution in [0.15, 0.2) is 0 Å². The highest BCUT2D eigenvalue weighted by Gasteiger charge is 2.16. The number of hydrogen-bond acceptors (Lipinski definition) is 3. The summed E-state index contributed by atoms with van der Waals surface area (Å²) in [6.45, 7) is 5.72. The van der Waals surface area contributed by atoms with Crippen LogP contribution in [0.2, 0.25) is 0 Å². The summed E-state index contributed by atoms with van der Waals surface area (Å²) in [7, 11) is 0. The van der Waals surface area contributed by atoms with Gasteiger partial charge in [-0.15, -0.1) is 0 Å². The van der Waals surface area contributed by atoms with Crippen LogP contribution in [-0.2, 0) is 4.79 Å². The molecular formula is C14H28N2O2. The van der Waals surface area contributed by atoms with Gasteiger partial charge in [-0.2, -0.15) is 0 Å². The van der Waals surface area contributed by atoms with Crippen molar-refractivity contribution in [2.45, 2.75) is 64.5 Å². The average Bonchev–Trinajstić information content (AvgIpc) is 2.35. The molecule has 1 saturated carbocycles. The van der Waals surface area contributed by atoms with Crippen molar-refractivity contribution in [3.8, 4) is 0 Å². The van der Waals surface area contributed by atoms with Crippen molar-refractivity contribution < 1.29 is 9.90 Å². The van der Waals surface area contributed by atoms with Crippen molar-refractivity contribution in [1.29, 1.82) is 0 Å². The van der Waals surface area contributed by atoms with Crippen LogP contribution in [0.25, 0.3) is 0 Å². The van der Waals surface area contributed by atoms with Gasteiger partial charge in [-0.05, 0) is 26.7 Å². The molecular weight excluding hydrogens is 228 g/mol. The molecule has 0 aromatic heterocycles. The Hall–Kier alpha value is -0.610. The quantitative estimate of drug-likeness (QED) is 0.726. The molecule has 18 heavy (non-hydrogen) atoms. The predicted molar refractivity (Wildman–Crippen MR) is 73.4 cm³/mol. The minimum atomic E-state index is 0.155. The van der Waals surface area contributed by atoms with E-state index in [0.29, 0.717) is 25.0 Å². The molecule has 1 aliphatic rings. The summed E-state index contributed by atoms with van der Waals surface area (Å²) < 4.78 is 0. The Balaban J connectivity index is 2.21. The Morgan fingerprint density at radius 3 is 2.50 bits per heavy atom. The van der Waals surface area contributed by atoms with E-state index in [2.05, 4.69) is 24.1 Å². The third-order valence-corrected chi connectivity index (χ3v) is 3.71. The van der Waals surface area contributed by atoms with Crippen LogP contribution in [0.5, 0.6) is 0 Å². The number of amides is 1. The van der Waals surface area contributed by atoms with E-state index in [4.69, 9.17) is 5.11 Å². The molecule has 4 nitrogen and oxygen atoms in total. The Kier molecular flexibility index (Phi) is 7.28. The first kappa shape index (κ1) is 15.4. The van der Waals surface area contributed by atoms with Gasteiger partial charge in [0, 0.05) is 31.6 Å². The van der Waals surface area contributed by atoms with Gasteiger partial charge in [-0.25, -0.2) is 0 Å². The minimum absolute atomic E-state index is 0.155. The normalized spacial score (nSPS) is 17.4. The molecule has 0 heterocycles. The first-order valence-corrected chi connectivity index (χ1v) is 7.27. The molecule has 0 aromatic rings. The summed E-state index contributed by atoms with van der Waals surface area (Å²) in [4.78, 5) is 14.0. The summed E-state index contributed by atoms with van der Waals surface area (Å²) in [5.74, 6) is 0.158. The maximum absolute atomic E-state index is 11.8. The molecule has 4 heteroatoms. The zero-order valence-corrected chi connectivity index (χ0v) is 11.8. The maximum atomic E-state index is 11.8. The molecule has 1 rings (SSSR count). The van der Waals surface area contributed by atoms with E-state index in [1.165, 1.54) is 19.3 Å². The second kappa shape index (κ2) is 8.48. The number of rotatable bonds is 7. The molecule has 0 aromatic carbocycles. The Morgan fingerprint density at radius 1 is 1.28 bits per heavy atom. The fourth-order valence-electron chi connectivity index (χ4n) is 2.55. The highest BCUT2D eigenvalue weighted by molar-refractivity contribution is 5.76. The van der Waals surface area contributed by atoms with Gasteiger partial charge < -0.3 is 10.4 Å². The lowest BCUT2D eigenvalue weighted by molar-refractivity contribution is -0.122. The van der Waals surface area contributed by atoms with E-state index in [1.807, 2.05) is 0 Å². The van der Waals surface area contributed by atoms with Gasteiger partial charge in [0.1, 0.15) is 0 Å². The average molecular weight is 256 g/mol. The van der Waals surface area contributed by atoms with Crippen molar-refractivity contribution in [2.75, 3.05) is 19.7 Å². The van der Waals surface area contributed by atoms with Gasteiger partial charge in [0.2, 0.25) is 5.91 Å². The van der Waals surface area contributed by atoms with Gasteiger partial charge in [-0.3, -0.25) is 9.69 Å². The van der Waals surface area contributed by atoms with Crippen LogP contribution in [0.4, 0.5) is 0 Å². The van der Waals surface area contributed by atoms with Crippen LogP contribution >= 0.6 is 0 Å². The Bertz CT molecular complexity index is 238. The summed E-state index contributed by atoms with van der Waals surface area (Å²) in [6.07, 6.45) is 6.60. The first-order chi connectivity index (χ1) is 8.63. The van der Waals surface area contributed by atoms with Crippen LogP contribution in [-0.4, -0.2) is 47.7 Å². The molecule has 1 amide bonds. The number of hydrogen-bond donors (Lipinski definition) is 2. The minimum Gasteiger partial charge on any atom is -0.395 e. The zero-order valence-electron chi connectivity index (χ0n) is 11.8. The van der Waals surface area contributed by atoms with Gasteiger partial charge in [0.15, 0.2) is 0 Å². The zero-order chi connectivity index (χ0) is 13.4. The summed E-state index contributed by atoms with van der Waals surface area (Å²) >= 11 is 0. The van der Waals surface area contributed by atoms with Gasteiger partial charge in [-0.1, -0.05) is 19.3 Å². The van der Waals surface area contributed by atoms with Crippen molar-refractivity contribution in [3.63, 3.8) is 0 Å². The summed E-state index contributed by atoms with van der Waals surface area (Å²) in [5, 5.41) is 12.1. The van der Waals surface area contributed by atoms with Crippen LogP contribution in [0.1, 0.15) is 52.4 Å². The molecule has 1 aliphatic carbocycles. The molecule has 2 N–H and O–H groups in total. The highest BCUT2D eigenvalue weighted by atomic mass is 16.3. The van der Waals surface area contributed by atoms with E-state index in [9.17, 15) is 4.79 Å². The lowest BCUT2D eigenvalue weighted by Crippen LogP contribution is -2.40. The van der Waals surface area contributed by atoms with Gasteiger partial charge >= 0.3 is 0 Å². The first-order valence-electron chi connectivity index (χ1n) is 7.27. The van der Waals surface area contributed by atoms with Crippen molar-refractivity contribution >= 4 is 5.91 Å². The van der Waals surface area contributed by atoms with Crippen molar-refractivity contribution in [3.05, 3.63) is 0 Å². The monoisotopic (exact) mass is 256 g/mol. The molecule has 0 saturated heterocycles. The van der Waals surface area contributed by atoms with Gasteiger partial charge in [0.25, 0.3) is 0 Å². The molecule has 0 atom stereocenters. The molecule has 1 fully saturated rings. The smallest absolute Gasteiger partial charge is 0.221 e. The fourth-order valence-corrected chi connectivity index (χ4v) is 2.55. The van der Waals surface area contributed by atoms with E-state index in [0.717, 1.165) is 19.4 Å². The van der Waals surface area contributed by atoms with E-state index >= 15 is 0 Å². The van der Waals surface area contributed by atoms with Crippen LogP contribution in [0, 0.1) is 0 Å². The third-order valence-electron chi connectivity index (χ3n) is 3.71. The second-order valence-corrected chi connectivity index (χ2v) is 5.51. The lowest BCUT2D eigenvalue weighted by atomic mass is 9.95. The summed E-state index contributed by atoms with van der Waals surface area (Å²) in [6, 6.07) is 0.774. The van der Waals surface area contributed by atoms with E-state index < -0.39 is 0 Å². The number of aliphatic hydroxyl groups excluding tert-OH is 1. The lowest BCUT2D eigenvalue weighted by Gasteiger charge is -2.26. The molecule has 0 unspecified atom stereocenters. The largest absolute Gasteiger partial charge is 0.395 e.